The number of Topliss-reactive ketones (excluding diaryl/α,β-unsaturated/α-hetero) is 5. The third-order valence-corrected chi connectivity index (χ3v) is 9.88. The number of allylic oxidation sites excluding steroid dienone is 2. The second kappa shape index (κ2) is 11.5. The zero-order chi connectivity index (χ0) is 33.1. The number of hydrogen-bond acceptors (Lipinski definition) is 8. The van der Waals surface area contributed by atoms with Crippen LogP contribution in [0.1, 0.15) is 57.3 Å². The lowest BCUT2D eigenvalue weighted by Crippen LogP contribution is -2.68. The Morgan fingerprint density at radius 3 is 2.13 bits per heavy atom. The van der Waals surface area contributed by atoms with E-state index in [1.807, 2.05) is 0 Å². The molecule has 1 heterocycles. The van der Waals surface area contributed by atoms with E-state index >= 15 is 0 Å². The van der Waals surface area contributed by atoms with Crippen molar-refractivity contribution in [2.45, 2.75) is 56.2 Å². The lowest BCUT2D eigenvalue weighted by atomic mass is 9.55. The number of fused-ring (bicyclic) bond motifs is 3. The molecule has 9 nitrogen and oxygen atoms in total. The Hall–Kier alpha value is -4.29. The third kappa shape index (κ3) is 5.04. The molecular formula is C34H30F3NO8. The normalized spacial score (nSPS) is 33.9. The molecule has 0 aromatic heterocycles. The van der Waals surface area contributed by atoms with Gasteiger partial charge >= 0.3 is 12.1 Å². The van der Waals surface area contributed by atoms with Crippen LogP contribution < -0.4 is 5.32 Å². The number of halogens is 3. The summed E-state index contributed by atoms with van der Waals surface area (Å²) in [5.41, 5.74) is -2.40. The highest BCUT2D eigenvalue weighted by molar-refractivity contribution is 6.30. The van der Waals surface area contributed by atoms with E-state index in [4.69, 9.17) is 4.74 Å². The zero-order valence-corrected chi connectivity index (χ0v) is 24.5. The lowest BCUT2D eigenvalue weighted by Gasteiger charge is -2.48. The second-order valence-electron chi connectivity index (χ2n) is 12.4. The summed E-state index contributed by atoms with van der Waals surface area (Å²) in [4.78, 5) is 80.2. The quantitative estimate of drug-likeness (QED) is 0.288. The minimum Gasteiger partial charge on any atom is -0.377 e. The van der Waals surface area contributed by atoms with Gasteiger partial charge in [-0.2, -0.15) is 13.2 Å². The van der Waals surface area contributed by atoms with Gasteiger partial charge in [-0.05, 0) is 32.1 Å². The number of ketones is 5. The highest BCUT2D eigenvalue weighted by atomic mass is 19.4. The number of alkyl halides is 3. The molecule has 9 atom stereocenters. The molecule has 240 valence electrons. The maximum Gasteiger partial charge on any atom is 0.471 e. The highest BCUT2D eigenvalue weighted by Gasteiger charge is 2.60. The minimum absolute atomic E-state index is 0.00245. The Morgan fingerprint density at radius 2 is 1.52 bits per heavy atom. The van der Waals surface area contributed by atoms with Crippen LogP contribution in [-0.2, 0) is 19.1 Å². The largest absolute Gasteiger partial charge is 0.471 e. The first-order valence-electron chi connectivity index (χ1n) is 15.0. The molecule has 2 N–H and O–H groups in total. The van der Waals surface area contributed by atoms with Crippen LogP contribution in [0.15, 0.2) is 66.7 Å². The van der Waals surface area contributed by atoms with Crippen molar-refractivity contribution in [2.24, 2.45) is 29.6 Å². The van der Waals surface area contributed by atoms with Crippen molar-refractivity contribution in [1.82, 2.24) is 5.32 Å². The summed E-state index contributed by atoms with van der Waals surface area (Å²) < 4.78 is 46.1. The molecule has 1 saturated carbocycles. The summed E-state index contributed by atoms with van der Waals surface area (Å²) in [5, 5.41) is 13.4. The van der Waals surface area contributed by atoms with Crippen molar-refractivity contribution in [1.29, 1.82) is 0 Å². The smallest absolute Gasteiger partial charge is 0.377 e. The van der Waals surface area contributed by atoms with Gasteiger partial charge in [-0.25, -0.2) is 0 Å². The average molecular weight is 638 g/mol. The van der Waals surface area contributed by atoms with Crippen molar-refractivity contribution in [3.8, 4) is 0 Å². The van der Waals surface area contributed by atoms with E-state index < -0.39 is 101 Å². The first-order chi connectivity index (χ1) is 21.7. The summed E-state index contributed by atoms with van der Waals surface area (Å²) >= 11 is 0. The lowest BCUT2D eigenvalue weighted by molar-refractivity contribution is -0.187. The van der Waals surface area contributed by atoms with Crippen molar-refractivity contribution < 1.29 is 51.8 Å². The van der Waals surface area contributed by atoms with Crippen LogP contribution in [0.5, 0.6) is 0 Å². The van der Waals surface area contributed by atoms with E-state index in [2.05, 4.69) is 0 Å². The number of rotatable bonds is 5. The Kier molecular flexibility index (Phi) is 7.92. The van der Waals surface area contributed by atoms with Gasteiger partial charge in [0.15, 0.2) is 23.0 Å². The van der Waals surface area contributed by atoms with E-state index in [1.165, 1.54) is 43.3 Å². The minimum atomic E-state index is -5.30. The van der Waals surface area contributed by atoms with E-state index in [0.717, 1.165) is 0 Å². The number of nitrogens with one attached hydrogen (secondary N) is 1. The number of carbonyl (C=O) groups excluding carboxylic acids is 6. The molecule has 1 aliphatic heterocycles. The number of hydrogen-bond donors (Lipinski definition) is 2. The maximum absolute atomic E-state index is 14.0. The summed E-state index contributed by atoms with van der Waals surface area (Å²) in [5.74, 6) is -11.1. The molecule has 12 heteroatoms. The van der Waals surface area contributed by atoms with Gasteiger partial charge < -0.3 is 15.2 Å². The van der Waals surface area contributed by atoms with E-state index in [-0.39, 0.29) is 29.5 Å². The summed E-state index contributed by atoms with van der Waals surface area (Å²) in [6.07, 6.45) is -4.61. The Morgan fingerprint density at radius 1 is 0.935 bits per heavy atom. The molecule has 0 bridgehead atoms. The van der Waals surface area contributed by atoms with Crippen LogP contribution in [-0.4, -0.2) is 70.0 Å². The first kappa shape index (κ1) is 31.7. The summed E-state index contributed by atoms with van der Waals surface area (Å²) in [6, 6.07) is 11.7. The molecule has 1 saturated heterocycles. The predicted octanol–water partition coefficient (Wildman–Crippen LogP) is 3.49. The monoisotopic (exact) mass is 637 g/mol. The van der Waals surface area contributed by atoms with Crippen LogP contribution in [0, 0.1) is 29.6 Å². The van der Waals surface area contributed by atoms with Gasteiger partial charge in [0.2, 0.25) is 0 Å². The van der Waals surface area contributed by atoms with Gasteiger partial charge in [-0.15, -0.1) is 0 Å². The van der Waals surface area contributed by atoms with Crippen molar-refractivity contribution in [2.75, 3.05) is 0 Å². The molecule has 4 aliphatic rings. The Labute approximate surface area is 261 Å². The standard InChI is InChI=1S/C34H30F3NO8/c1-16-33(45,31(43)17-8-3-2-4-9-17)23(38-32(44)34(35,36)37)15-19(46-16)14-18-10-7-13-22-24(18)30(42)26-25(29(22)41)27(39)20-11-5-6-12-21(20)28(26)40/h2-12,16,18-19,22-26,45H,13-15H2,1H3,(H,38,44)/t16-,18?,19-,22?,23-,24?,25?,26?,33+/m0/s1. The van der Waals surface area contributed by atoms with Crippen molar-refractivity contribution >= 4 is 34.8 Å². The SMILES string of the molecule is C[C@@H]1O[C@@H](CC2C=CCC3C(=O)C4C(=O)c5ccccc5C(=O)C4C(=O)C23)C[C@H](NC(=O)C(F)(F)F)[C@@]1(O)C(=O)c1ccccc1. The fourth-order valence-electron chi connectivity index (χ4n) is 7.67. The van der Waals surface area contributed by atoms with Crippen LogP contribution in [0.25, 0.3) is 0 Å². The number of carbonyl (C=O) groups is 6. The van der Waals surface area contributed by atoms with Gasteiger partial charge in [0.1, 0.15) is 11.6 Å². The molecule has 0 radical (unpaired) electrons. The summed E-state index contributed by atoms with van der Waals surface area (Å²) in [7, 11) is 0. The highest BCUT2D eigenvalue weighted by Crippen LogP contribution is 2.48. The molecule has 2 fully saturated rings. The van der Waals surface area contributed by atoms with E-state index in [9.17, 15) is 47.0 Å². The molecular weight excluding hydrogens is 607 g/mol. The van der Waals surface area contributed by atoms with Gasteiger partial charge in [0.05, 0.1) is 30.1 Å². The van der Waals surface area contributed by atoms with Gasteiger partial charge in [0.25, 0.3) is 0 Å². The van der Waals surface area contributed by atoms with Crippen LogP contribution in [0.4, 0.5) is 13.2 Å². The van der Waals surface area contributed by atoms with Gasteiger partial charge in [-0.3, -0.25) is 28.8 Å². The number of aliphatic hydroxyl groups is 1. The van der Waals surface area contributed by atoms with E-state index in [1.54, 1.807) is 35.7 Å². The Bertz CT molecular complexity index is 1670. The molecule has 46 heavy (non-hydrogen) atoms. The first-order valence-corrected chi connectivity index (χ1v) is 15.0. The molecule has 5 unspecified atom stereocenters. The average Bonchev–Trinajstić information content (AvgIpc) is 3.03. The van der Waals surface area contributed by atoms with Gasteiger partial charge in [-0.1, -0.05) is 66.7 Å². The number of benzene rings is 2. The molecule has 3 aliphatic carbocycles. The fraction of sp³-hybridized carbons (Fsp3) is 0.412. The third-order valence-electron chi connectivity index (χ3n) is 9.88. The molecule has 0 spiro atoms. The van der Waals surface area contributed by atoms with Crippen LogP contribution >= 0.6 is 0 Å². The Balaban J connectivity index is 1.29. The molecule has 2 aromatic carbocycles. The molecule has 2 aromatic rings. The van der Waals surface area contributed by atoms with E-state index in [0.29, 0.717) is 0 Å². The predicted molar refractivity (Wildman–Crippen MR) is 154 cm³/mol. The molecule has 1 amide bonds. The molecule has 6 rings (SSSR count). The number of ether oxygens (including phenoxy) is 1. The maximum atomic E-state index is 14.0. The zero-order valence-electron chi connectivity index (χ0n) is 24.5. The fourth-order valence-corrected chi connectivity index (χ4v) is 7.67. The van der Waals surface area contributed by atoms with Crippen molar-refractivity contribution in [3.63, 3.8) is 0 Å². The van der Waals surface area contributed by atoms with Crippen LogP contribution in [0.2, 0.25) is 0 Å². The summed E-state index contributed by atoms with van der Waals surface area (Å²) in [6.45, 7) is 1.31. The van der Waals surface area contributed by atoms with Crippen molar-refractivity contribution in [3.05, 3.63) is 83.4 Å². The topological polar surface area (TPSA) is 144 Å². The van der Waals surface area contributed by atoms with Crippen LogP contribution in [0.3, 0.4) is 0 Å². The second-order valence-corrected chi connectivity index (χ2v) is 12.4. The number of amides is 1. The van der Waals surface area contributed by atoms with Gasteiger partial charge in [0, 0.05) is 28.5 Å².